The van der Waals surface area contributed by atoms with Gasteiger partial charge in [0, 0.05) is 0 Å². The Balaban J connectivity index is 3.32. The molecule has 0 saturated heterocycles. The monoisotopic (exact) mass is 378 g/mol. The maximum atomic E-state index is 10.9. The first-order valence-electron chi connectivity index (χ1n) is 10.5. The first kappa shape index (κ1) is 24.9. The number of rotatable bonds is 18. The fourth-order valence-electron chi connectivity index (χ4n) is 3.15. The second-order valence-corrected chi connectivity index (χ2v) is 9.42. The molecule has 4 nitrogen and oxygen atoms in total. The van der Waals surface area contributed by atoms with Gasteiger partial charge >= 0.3 is 0 Å². The summed E-state index contributed by atoms with van der Waals surface area (Å²) in [6, 6.07) is 0. The summed E-state index contributed by atoms with van der Waals surface area (Å²) in [5, 5.41) is 9.30. The first-order valence-corrected chi connectivity index (χ1v) is 12.0. The average molecular weight is 379 g/mol. The zero-order valence-corrected chi connectivity index (χ0v) is 17.4. The van der Waals surface area contributed by atoms with Crippen molar-refractivity contribution in [2.45, 2.75) is 128 Å². The molecule has 0 rings (SSSR count). The molecular formula is C20H42O4S. The highest BCUT2D eigenvalue weighted by Gasteiger charge is 2.16. The average Bonchev–Trinajstić information content (AvgIpc) is 2.55. The van der Waals surface area contributed by atoms with E-state index in [-0.39, 0.29) is 6.10 Å². The van der Waals surface area contributed by atoms with E-state index >= 15 is 0 Å². The lowest BCUT2D eigenvalue weighted by Gasteiger charge is -2.11. The van der Waals surface area contributed by atoms with E-state index in [0.717, 1.165) is 38.5 Å². The molecule has 5 heteroatoms. The summed E-state index contributed by atoms with van der Waals surface area (Å²) < 4.78 is 30.7. The lowest BCUT2D eigenvalue weighted by atomic mass is 10.0. The van der Waals surface area contributed by atoms with Crippen molar-refractivity contribution in [2.24, 2.45) is 0 Å². The fourth-order valence-corrected chi connectivity index (χ4v) is 3.61. The van der Waals surface area contributed by atoms with Crippen LogP contribution in [0.5, 0.6) is 0 Å². The number of aliphatic hydroxyl groups is 1. The van der Waals surface area contributed by atoms with Crippen LogP contribution in [0.4, 0.5) is 0 Å². The van der Waals surface area contributed by atoms with Crippen LogP contribution in [0.1, 0.15) is 117 Å². The molecule has 2 unspecified atom stereocenters. The van der Waals surface area contributed by atoms with Crippen molar-refractivity contribution in [3.05, 3.63) is 0 Å². The second-order valence-electron chi connectivity index (χ2n) is 7.59. The van der Waals surface area contributed by atoms with Crippen molar-refractivity contribution < 1.29 is 18.1 Å². The van der Waals surface area contributed by atoms with E-state index in [2.05, 4.69) is 6.92 Å². The molecule has 0 aromatic carbocycles. The van der Waals surface area contributed by atoms with Gasteiger partial charge in [0.15, 0.2) is 0 Å². The van der Waals surface area contributed by atoms with Crippen LogP contribution in [0, 0.1) is 0 Å². The van der Waals surface area contributed by atoms with Crippen molar-refractivity contribution in [1.29, 1.82) is 0 Å². The van der Waals surface area contributed by atoms with Gasteiger partial charge in [0.1, 0.15) is 0 Å². The summed E-state index contributed by atoms with van der Waals surface area (Å²) in [6.45, 7) is 3.79. The molecule has 0 bridgehead atoms. The van der Waals surface area contributed by atoms with Gasteiger partial charge in [0.25, 0.3) is 10.1 Å². The van der Waals surface area contributed by atoms with E-state index in [4.69, 9.17) is 4.55 Å². The Kier molecular flexibility index (Phi) is 16.0. The summed E-state index contributed by atoms with van der Waals surface area (Å²) in [6.07, 6.45) is 17.7. The summed E-state index contributed by atoms with van der Waals surface area (Å²) in [5.41, 5.74) is 0. The minimum absolute atomic E-state index is 0.215. The second kappa shape index (κ2) is 16.1. The molecule has 0 fully saturated rings. The van der Waals surface area contributed by atoms with Crippen LogP contribution in [0.3, 0.4) is 0 Å². The standard InChI is InChI=1S/C20H42O4S/c1-3-4-5-6-7-8-9-10-11-14-17-20(21)18-15-12-13-16-19(2)25(22,23)24/h19-21H,3-18H2,1-2H3,(H,22,23,24). The molecule has 0 spiro atoms. The van der Waals surface area contributed by atoms with Gasteiger partial charge in [0.05, 0.1) is 11.4 Å². The molecule has 0 aromatic heterocycles. The number of hydrogen-bond donors (Lipinski definition) is 2. The van der Waals surface area contributed by atoms with Crippen molar-refractivity contribution >= 4 is 10.1 Å². The molecule has 0 aliphatic heterocycles. The molecule has 152 valence electrons. The SMILES string of the molecule is CCCCCCCCCCCCC(O)CCCCCC(C)S(=O)(=O)O. The number of hydrogen-bond acceptors (Lipinski definition) is 3. The minimum Gasteiger partial charge on any atom is -0.393 e. The van der Waals surface area contributed by atoms with Gasteiger partial charge in [-0.3, -0.25) is 4.55 Å². The highest BCUT2D eigenvalue weighted by Crippen LogP contribution is 2.15. The Hall–Kier alpha value is -0.130. The van der Waals surface area contributed by atoms with Gasteiger partial charge in [-0.2, -0.15) is 8.42 Å². The summed E-state index contributed by atoms with van der Waals surface area (Å²) in [4.78, 5) is 0. The highest BCUT2D eigenvalue weighted by molar-refractivity contribution is 7.86. The summed E-state index contributed by atoms with van der Waals surface area (Å²) in [5.74, 6) is 0. The molecule has 0 aliphatic rings. The topological polar surface area (TPSA) is 74.6 Å². The van der Waals surface area contributed by atoms with Gasteiger partial charge in [0.2, 0.25) is 0 Å². The molecular weight excluding hydrogens is 336 g/mol. The Morgan fingerprint density at radius 3 is 1.48 bits per heavy atom. The van der Waals surface area contributed by atoms with E-state index in [1.165, 1.54) is 64.7 Å². The van der Waals surface area contributed by atoms with E-state index in [1.54, 1.807) is 0 Å². The van der Waals surface area contributed by atoms with Crippen molar-refractivity contribution in [3.8, 4) is 0 Å². The normalized spacial score (nSPS) is 14.6. The molecule has 2 N–H and O–H groups in total. The zero-order valence-electron chi connectivity index (χ0n) is 16.6. The number of unbranched alkanes of at least 4 members (excludes halogenated alkanes) is 11. The van der Waals surface area contributed by atoms with Crippen LogP contribution in [-0.2, 0) is 10.1 Å². The summed E-state index contributed by atoms with van der Waals surface area (Å²) in [7, 11) is -3.88. The van der Waals surface area contributed by atoms with Crippen molar-refractivity contribution in [3.63, 3.8) is 0 Å². The lowest BCUT2D eigenvalue weighted by Crippen LogP contribution is -2.16. The first-order chi connectivity index (χ1) is 11.9. The molecule has 0 radical (unpaired) electrons. The lowest BCUT2D eigenvalue weighted by molar-refractivity contribution is 0.147. The van der Waals surface area contributed by atoms with Gasteiger partial charge in [-0.1, -0.05) is 90.4 Å². The molecule has 0 saturated carbocycles. The van der Waals surface area contributed by atoms with Crippen LogP contribution in [0.25, 0.3) is 0 Å². The third-order valence-electron chi connectivity index (χ3n) is 5.05. The van der Waals surface area contributed by atoms with E-state index in [0.29, 0.717) is 6.42 Å². The number of aliphatic hydroxyl groups excluding tert-OH is 1. The van der Waals surface area contributed by atoms with Gasteiger partial charge in [-0.15, -0.1) is 0 Å². The maximum Gasteiger partial charge on any atom is 0.267 e. The van der Waals surface area contributed by atoms with Crippen LogP contribution in [-0.4, -0.2) is 29.4 Å². The molecule has 0 amide bonds. The zero-order chi connectivity index (χ0) is 19.0. The molecule has 0 heterocycles. The third-order valence-corrected chi connectivity index (χ3v) is 6.30. The van der Waals surface area contributed by atoms with E-state index in [1.807, 2.05) is 0 Å². The van der Waals surface area contributed by atoms with Gasteiger partial charge in [-0.25, -0.2) is 0 Å². The van der Waals surface area contributed by atoms with Crippen LogP contribution in [0.2, 0.25) is 0 Å². The van der Waals surface area contributed by atoms with Gasteiger partial charge < -0.3 is 5.11 Å². The van der Waals surface area contributed by atoms with Crippen molar-refractivity contribution in [1.82, 2.24) is 0 Å². The van der Waals surface area contributed by atoms with Crippen LogP contribution >= 0.6 is 0 Å². The van der Waals surface area contributed by atoms with Crippen molar-refractivity contribution in [2.75, 3.05) is 0 Å². The third kappa shape index (κ3) is 17.1. The molecule has 25 heavy (non-hydrogen) atoms. The maximum absolute atomic E-state index is 10.9. The van der Waals surface area contributed by atoms with E-state index in [9.17, 15) is 13.5 Å². The molecule has 2 atom stereocenters. The Morgan fingerprint density at radius 1 is 0.680 bits per heavy atom. The predicted octanol–water partition coefficient (Wildman–Crippen LogP) is 5.89. The largest absolute Gasteiger partial charge is 0.393 e. The smallest absolute Gasteiger partial charge is 0.267 e. The van der Waals surface area contributed by atoms with E-state index < -0.39 is 15.4 Å². The highest BCUT2D eigenvalue weighted by atomic mass is 32.2. The quantitative estimate of drug-likeness (QED) is 0.230. The fraction of sp³-hybridized carbons (Fsp3) is 1.00. The Bertz CT molecular complexity index is 381. The van der Waals surface area contributed by atoms with Crippen LogP contribution in [0.15, 0.2) is 0 Å². The molecule has 0 aliphatic carbocycles. The molecule has 0 aromatic rings. The Labute approximate surface area is 156 Å². The van der Waals surface area contributed by atoms with Crippen LogP contribution < -0.4 is 0 Å². The minimum atomic E-state index is -3.88. The van der Waals surface area contributed by atoms with Gasteiger partial charge in [-0.05, 0) is 26.2 Å². The Morgan fingerprint density at radius 2 is 1.04 bits per heavy atom. The summed E-state index contributed by atoms with van der Waals surface area (Å²) >= 11 is 0. The predicted molar refractivity (Wildman–Crippen MR) is 107 cm³/mol.